The molecule has 0 fully saturated rings. The second-order valence-corrected chi connectivity index (χ2v) is 5.76. The second-order valence-electron chi connectivity index (χ2n) is 5.76. The van der Waals surface area contributed by atoms with Crippen molar-refractivity contribution in [3.8, 4) is 11.4 Å². The maximum Gasteiger partial charge on any atom is 0.162 e. The van der Waals surface area contributed by atoms with Gasteiger partial charge in [-0.3, -0.25) is 0 Å². The highest BCUT2D eigenvalue weighted by molar-refractivity contribution is 5.90. The van der Waals surface area contributed by atoms with Gasteiger partial charge < -0.3 is 5.32 Å². The monoisotopic (exact) mass is 329 g/mol. The fraction of sp³-hybridized carbons (Fsp3) is 0.0476. The van der Waals surface area contributed by atoms with Gasteiger partial charge in [-0.25, -0.2) is 14.4 Å². The molecule has 1 aromatic heterocycles. The summed E-state index contributed by atoms with van der Waals surface area (Å²) >= 11 is 0. The maximum atomic E-state index is 13.4. The molecule has 0 atom stereocenters. The lowest BCUT2D eigenvalue weighted by Crippen LogP contribution is -2.04. The Kier molecular flexibility index (Phi) is 4.09. The highest BCUT2D eigenvalue weighted by Crippen LogP contribution is 2.25. The molecular formula is C21H16FN3. The van der Waals surface area contributed by atoms with Gasteiger partial charge >= 0.3 is 0 Å². The van der Waals surface area contributed by atoms with Gasteiger partial charge in [-0.05, 0) is 29.8 Å². The van der Waals surface area contributed by atoms with E-state index in [9.17, 15) is 4.39 Å². The van der Waals surface area contributed by atoms with Crippen molar-refractivity contribution in [1.29, 1.82) is 0 Å². The third-order valence-electron chi connectivity index (χ3n) is 3.98. The highest BCUT2D eigenvalue weighted by Gasteiger charge is 2.09. The molecular weight excluding hydrogens is 313 g/mol. The lowest BCUT2D eigenvalue weighted by Gasteiger charge is -2.11. The van der Waals surface area contributed by atoms with Gasteiger partial charge in [0.2, 0.25) is 0 Å². The van der Waals surface area contributed by atoms with Crippen molar-refractivity contribution < 1.29 is 4.39 Å². The van der Waals surface area contributed by atoms with Crippen molar-refractivity contribution in [1.82, 2.24) is 9.97 Å². The Morgan fingerprint density at radius 2 is 1.60 bits per heavy atom. The van der Waals surface area contributed by atoms with Crippen molar-refractivity contribution in [2.24, 2.45) is 0 Å². The number of aromatic nitrogens is 2. The van der Waals surface area contributed by atoms with Crippen molar-refractivity contribution >= 4 is 16.7 Å². The summed E-state index contributed by atoms with van der Waals surface area (Å²) in [6.07, 6.45) is 0. The van der Waals surface area contributed by atoms with E-state index in [4.69, 9.17) is 4.98 Å². The van der Waals surface area contributed by atoms with Crippen molar-refractivity contribution in [2.45, 2.75) is 6.54 Å². The highest BCUT2D eigenvalue weighted by atomic mass is 19.1. The van der Waals surface area contributed by atoms with E-state index in [2.05, 4.69) is 10.3 Å². The first-order chi connectivity index (χ1) is 12.3. The van der Waals surface area contributed by atoms with Crippen molar-refractivity contribution in [3.05, 3.63) is 90.2 Å². The van der Waals surface area contributed by atoms with Crippen LogP contribution in [-0.2, 0) is 6.54 Å². The van der Waals surface area contributed by atoms with Gasteiger partial charge in [-0.15, -0.1) is 0 Å². The molecule has 3 aromatic carbocycles. The molecule has 0 spiro atoms. The van der Waals surface area contributed by atoms with Gasteiger partial charge in [-0.2, -0.15) is 0 Å². The number of nitrogens with one attached hydrogen (secondary N) is 1. The fourth-order valence-electron chi connectivity index (χ4n) is 2.76. The van der Waals surface area contributed by atoms with E-state index in [0.717, 1.165) is 27.8 Å². The van der Waals surface area contributed by atoms with Crippen molar-refractivity contribution in [3.63, 3.8) is 0 Å². The molecule has 1 N–H and O–H groups in total. The molecule has 0 unspecified atom stereocenters. The number of rotatable bonds is 4. The molecule has 4 heteroatoms. The van der Waals surface area contributed by atoms with Crippen LogP contribution in [0.5, 0.6) is 0 Å². The molecule has 122 valence electrons. The molecule has 0 saturated heterocycles. The van der Waals surface area contributed by atoms with E-state index in [1.807, 2.05) is 60.7 Å². The summed E-state index contributed by atoms with van der Waals surface area (Å²) in [6, 6.07) is 24.3. The van der Waals surface area contributed by atoms with Gasteiger partial charge in [0, 0.05) is 17.5 Å². The van der Waals surface area contributed by atoms with Crippen LogP contribution in [-0.4, -0.2) is 9.97 Å². The number of hydrogen-bond donors (Lipinski definition) is 1. The maximum absolute atomic E-state index is 13.4. The number of hydrogen-bond acceptors (Lipinski definition) is 3. The Bertz CT molecular complexity index is 1020. The number of benzene rings is 3. The third-order valence-corrected chi connectivity index (χ3v) is 3.98. The molecule has 0 aliphatic rings. The molecule has 4 rings (SSSR count). The summed E-state index contributed by atoms with van der Waals surface area (Å²) in [6.45, 7) is 0.493. The molecule has 0 radical (unpaired) electrons. The fourth-order valence-corrected chi connectivity index (χ4v) is 2.76. The van der Waals surface area contributed by atoms with Gasteiger partial charge in [0.15, 0.2) is 5.82 Å². The molecule has 4 aromatic rings. The first-order valence-electron chi connectivity index (χ1n) is 8.10. The minimum absolute atomic E-state index is 0.239. The van der Waals surface area contributed by atoms with E-state index < -0.39 is 0 Å². The number of para-hydroxylation sites is 1. The molecule has 1 heterocycles. The Balaban J connectivity index is 1.73. The second kappa shape index (κ2) is 6.69. The molecule has 0 aliphatic heterocycles. The van der Waals surface area contributed by atoms with Gasteiger partial charge in [0.05, 0.1) is 5.52 Å². The smallest absolute Gasteiger partial charge is 0.162 e. The normalized spacial score (nSPS) is 10.8. The average molecular weight is 329 g/mol. The molecule has 0 saturated carbocycles. The summed E-state index contributed by atoms with van der Waals surface area (Å²) in [7, 11) is 0. The SMILES string of the molecule is Fc1cccc(CNc2nc(-c3ccccc3)nc3ccccc23)c1. The molecule has 3 nitrogen and oxygen atoms in total. The zero-order chi connectivity index (χ0) is 17.1. The Labute approximate surface area is 145 Å². The topological polar surface area (TPSA) is 37.8 Å². The number of fused-ring (bicyclic) bond motifs is 1. The van der Waals surface area contributed by atoms with Crippen LogP contribution in [0.2, 0.25) is 0 Å². The molecule has 0 bridgehead atoms. The predicted octanol–water partition coefficient (Wildman–Crippen LogP) is 5.05. The Morgan fingerprint density at radius 1 is 0.800 bits per heavy atom. The van der Waals surface area contributed by atoms with Crippen molar-refractivity contribution in [2.75, 3.05) is 5.32 Å². The lowest BCUT2D eigenvalue weighted by molar-refractivity contribution is 0.626. The summed E-state index contributed by atoms with van der Waals surface area (Å²) in [5.74, 6) is 1.17. The van der Waals surface area contributed by atoms with Crippen LogP contribution >= 0.6 is 0 Å². The Hall–Kier alpha value is -3.27. The Morgan fingerprint density at radius 3 is 2.44 bits per heavy atom. The summed E-state index contributed by atoms with van der Waals surface area (Å²) in [5, 5.41) is 4.27. The lowest BCUT2D eigenvalue weighted by atomic mass is 10.1. The van der Waals surface area contributed by atoms with Crippen LogP contribution in [0.15, 0.2) is 78.9 Å². The van der Waals surface area contributed by atoms with Gasteiger partial charge in [0.25, 0.3) is 0 Å². The average Bonchev–Trinajstić information content (AvgIpc) is 2.66. The van der Waals surface area contributed by atoms with Gasteiger partial charge in [-0.1, -0.05) is 54.6 Å². The zero-order valence-corrected chi connectivity index (χ0v) is 13.5. The molecule has 25 heavy (non-hydrogen) atoms. The quantitative estimate of drug-likeness (QED) is 0.569. The minimum atomic E-state index is -0.239. The van der Waals surface area contributed by atoms with Crippen LogP contribution in [0, 0.1) is 5.82 Å². The molecule has 0 aliphatic carbocycles. The summed E-state index contributed by atoms with van der Waals surface area (Å²) < 4.78 is 13.4. The van der Waals surface area contributed by atoms with Crippen LogP contribution in [0.4, 0.5) is 10.2 Å². The van der Waals surface area contributed by atoms with Crippen LogP contribution in [0.3, 0.4) is 0 Å². The largest absolute Gasteiger partial charge is 0.365 e. The zero-order valence-electron chi connectivity index (χ0n) is 13.5. The first-order valence-corrected chi connectivity index (χ1v) is 8.10. The van der Waals surface area contributed by atoms with Crippen LogP contribution in [0.25, 0.3) is 22.3 Å². The van der Waals surface area contributed by atoms with E-state index >= 15 is 0 Å². The number of nitrogens with zero attached hydrogens (tertiary/aromatic N) is 2. The van der Waals surface area contributed by atoms with E-state index in [-0.39, 0.29) is 5.82 Å². The first kappa shape index (κ1) is 15.3. The molecule has 0 amide bonds. The van der Waals surface area contributed by atoms with E-state index in [0.29, 0.717) is 12.4 Å². The van der Waals surface area contributed by atoms with E-state index in [1.165, 1.54) is 12.1 Å². The minimum Gasteiger partial charge on any atom is -0.365 e. The summed E-state index contributed by atoms with van der Waals surface area (Å²) in [4.78, 5) is 9.36. The summed E-state index contributed by atoms with van der Waals surface area (Å²) in [5.41, 5.74) is 2.70. The van der Waals surface area contributed by atoms with Crippen LogP contribution in [0.1, 0.15) is 5.56 Å². The number of halogens is 1. The standard InChI is InChI=1S/C21H16FN3/c22-17-10-6-7-15(13-17)14-23-21-18-11-4-5-12-19(18)24-20(25-21)16-8-2-1-3-9-16/h1-13H,14H2,(H,23,24,25). The third kappa shape index (κ3) is 3.33. The van der Waals surface area contributed by atoms with E-state index in [1.54, 1.807) is 6.07 Å². The predicted molar refractivity (Wildman–Crippen MR) is 98.7 cm³/mol. The van der Waals surface area contributed by atoms with Gasteiger partial charge in [0.1, 0.15) is 11.6 Å². The number of anilines is 1. The van der Waals surface area contributed by atoms with Crippen LogP contribution < -0.4 is 5.32 Å².